The van der Waals surface area contributed by atoms with E-state index in [9.17, 15) is 4.79 Å². The summed E-state index contributed by atoms with van der Waals surface area (Å²) in [6, 6.07) is 5.46. The van der Waals surface area contributed by atoms with Crippen molar-refractivity contribution >= 4 is 23.2 Å². The third-order valence-corrected chi connectivity index (χ3v) is 3.68. The standard InChI is InChI=1S/C16H21ClN4O/c1-11-5-6-14(17)7-15(11)18-16(22)10-20(3)8-13-9-21(4)19-12(13)2/h5-7,9H,8,10H2,1-4H3,(H,18,22). The first kappa shape index (κ1) is 16.5. The Kier molecular flexibility index (Phi) is 5.21. The minimum absolute atomic E-state index is 0.0607. The quantitative estimate of drug-likeness (QED) is 0.921. The van der Waals surface area contributed by atoms with E-state index in [2.05, 4.69) is 10.4 Å². The maximum atomic E-state index is 12.2. The van der Waals surface area contributed by atoms with Crippen molar-refractivity contribution in [2.75, 3.05) is 18.9 Å². The van der Waals surface area contributed by atoms with Crippen LogP contribution in [0.15, 0.2) is 24.4 Å². The maximum absolute atomic E-state index is 12.2. The molecule has 2 rings (SSSR count). The SMILES string of the molecule is Cc1ccc(Cl)cc1NC(=O)CN(C)Cc1cn(C)nc1C. The Hall–Kier alpha value is -1.85. The lowest BCUT2D eigenvalue weighted by atomic mass is 10.2. The van der Waals surface area contributed by atoms with Gasteiger partial charge in [0.25, 0.3) is 0 Å². The average molecular weight is 321 g/mol. The molecule has 0 saturated carbocycles. The molecule has 1 heterocycles. The molecule has 0 spiro atoms. The summed E-state index contributed by atoms with van der Waals surface area (Å²) >= 11 is 5.96. The Morgan fingerprint density at radius 1 is 1.41 bits per heavy atom. The summed E-state index contributed by atoms with van der Waals surface area (Å²) in [5.74, 6) is -0.0607. The lowest BCUT2D eigenvalue weighted by Gasteiger charge is -2.16. The van der Waals surface area contributed by atoms with Gasteiger partial charge in [0.15, 0.2) is 0 Å². The second-order valence-electron chi connectivity index (χ2n) is 5.59. The second-order valence-corrected chi connectivity index (χ2v) is 6.03. The Morgan fingerprint density at radius 2 is 2.14 bits per heavy atom. The molecule has 1 amide bonds. The van der Waals surface area contributed by atoms with Crippen molar-refractivity contribution < 1.29 is 4.79 Å². The summed E-state index contributed by atoms with van der Waals surface area (Å²) in [5.41, 5.74) is 3.85. The molecule has 1 aromatic carbocycles. The van der Waals surface area contributed by atoms with Gasteiger partial charge >= 0.3 is 0 Å². The summed E-state index contributed by atoms with van der Waals surface area (Å²) in [5, 5.41) is 7.82. The number of likely N-dealkylation sites (N-methyl/N-ethyl adjacent to an activating group) is 1. The van der Waals surface area contributed by atoms with E-state index < -0.39 is 0 Å². The van der Waals surface area contributed by atoms with Crippen molar-refractivity contribution in [2.24, 2.45) is 7.05 Å². The van der Waals surface area contributed by atoms with Gasteiger partial charge in [-0.25, -0.2) is 0 Å². The van der Waals surface area contributed by atoms with Crippen molar-refractivity contribution in [3.8, 4) is 0 Å². The number of rotatable bonds is 5. The van der Waals surface area contributed by atoms with E-state index in [4.69, 9.17) is 11.6 Å². The molecular formula is C16H21ClN4O. The number of hydrogen-bond acceptors (Lipinski definition) is 3. The van der Waals surface area contributed by atoms with Crippen LogP contribution in [0, 0.1) is 13.8 Å². The molecule has 0 unspecified atom stereocenters. The third kappa shape index (κ3) is 4.32. The smallest absolute Gasteiger partial charge is 0.238 e. The Balaban J connectivity index is 1.94. The molecule has 0 atom stereocenters. The highest BCUT2D eigenvalue weighted by molar-refractivity contribution is 6.31. The van der Waals surface area contributed by atoms with Crippen molar-refractivity contribution in [1.29, 1.82) is 0 Å². The van der Waals surface area contributed by atoms with Crippen molar-refractivity contribution in [3.63, 3.8) is 0 Å². The van der Waals surface area contributed by atoms with Crippen LogP contribution in [0.3, 0.4) is 0 Å². The molecule has 0 saturated heterocycles. The van der Waals surface area contributed by atoms with Crippen LogP contribution >= 0.6 is 11.6 Å². The highest BCUT2D eigenvalue weighted by atomic mass is 35.5. The first-order chi connectivity index (χ1) is 10.3. The van der Waals surface area contributed by atoms with Crippen LogP contribution in [0.1, 0.15) is 16.8 Å². The number of benzene rings is 1. The molecule has 5 nitrogen and oxygen atoms in total. The topological polar surface area (TPSA) is 50.2 Å². The van der Waals surface area contributed by atoms with Crippen LogP contribution in [0.5, 0.6) is 0 Å². The lowest BCUT2D eigenvalue weighted by Crippen LogP contribution is -2.30. The number of nitrogens with one attached hydrogen (secondary N) is 1. The molecular weight excluding hydrogens is 300 g/mol. The van der Waals surface area contributed by atoms with E-state index in [0.717, 1.165) is 22.5 Å². The Bertz CT molecular complexity index is 681. The van der Waals surface area contributed by atoms with E-state index in [0.29, 0.717) is 18.1 Å². The van der Waals surface area contributed by atoms with Crippen LogP contribution in [0.2, 0.25) is 5.02 Å². The minimum Gasteiger partial charge on any atom is -0.325 e. The lowest BCUT2D eigenvalue weighted by molar-refractivity contribution is -0.117. The van der Waals surface area contributed by atoms with Crippen LogP contribution in [-0.4, -0.2) is 34.2 Å². The first-order valence-corrected chi connectivity index (χ1v) is 7.46. The molecule has 0 aliphatic heterocycles. The number of carbonyl (C=O) groups excluding carboxylic acids is 1. The summed E-state index contributed by atoms with van der Waals surface area (Å²) in [6.07, 6.45) is 1.98. The largest absolute Gasteiger partial charge is 0.325 e. The van der Waals surface area contributed by atoms with E-state index in [1.807, 2.05) is 51.2 Å². The van der Waals surface area contributed by atoms with E-state index >= 15 is 0 Å². The van der Waals surface area contributed by atoms with E-state index in [-0.39, 0.29) is 5.91 Å². The summed E-state index contributed by atoms with van der Waals surface area (Å²) in [7, 11) is 3.81. The zero-order valence-electron chi connectivity index (χ0n) is 13.4. The first-order valence-electron chi connectivity index (χ1n) is 7.09. The zero-order chi connectivity index (χ0) is 16.3. The Labute approximate surface area is 135 Å². The van der Waals surface area contributed by atoms with Crippen LogP contribution < -0.4 is 5.32 Å². The molecule has 0 radical (unpaired) electrons. The van der Waals surface area contributed by atoms with Crippen molar-refractivity contribution in [1.82, 2.24) is 14.7 Å². The molecule has 22 heavy (non-hydrogen) atoms. The molecule has 2 aromatic rings. The summed E-state index contributed by atoms with van der Waals surface area (Å²) in [6.45, 7) is 4.90. The predicted octanol–water partition coefficient (Wildman–Crippen LogP) is 2.76. The van der Waals surface area contributed by atoms with Crippen LogP contribution in [0.25, 0.3) is 0 Å². The van der Waals surface area contributed by atoms with Gasteiger partial charge in [-0.1, -0.05) is 17.7 Å². The number of aryl methyl sites for hydroxylation is 3. The Morgan fingerprint density at radius 3 is 2.77 bits per heavy atom. The monoisotopic (exact) mass is 320 g/mol. The van der Waals surface area contributed by atoms with Crippen LogP contribution in [0.4, 0.5) is 5.69 Å². The molecule has 6 heteroatoms. The normalized spacial score (nSPS) is 11.0. The van der Waals surface area contributed by atoms with Crippen LogP contribution in [-0.2, 0) is 18.4 Å². The van der Waals surface area contributed by atoms with Gasteiger partial charge in [0, 0.05) is 36.1 Å². The number of halogens is 1. The molecule has 1 aromatic heterocycles. The van der Waals surface area contributed by atoms with Crippen molar-refractivity contribution in [2.45, 2.75) is 20.4 Å². The van der Waals surface area contributed by atoms with Gasteiger partial charge < -0.3 is 5.32 Å². The number of amides is 1. The van der Waals surface area contributed by atoms with E-state index in [1.165, 1.54) is 0 Å². The highest BCUT2D eigenvalue weighted by Crippen LogP contribution is 2.20. The molecule has 0 aliphatic rings. The average Bonchev–Trinajstić information content (AvgIpc) is 2.72. The van der Waals surface area contributed by atoms with Gasteiger partial charge in [-0.15, -0.1) is 0 Å². The maximum Gasteiger partial charge on any atom is 0.238 e. The third-order valence-electron chi connectivity index (χ3n) is 3.44. The number of carbonyl (C=O) groups is 1. The van der Waals surface area contributed by atoms with Gasteiger partial charge in [-0.05, 0) is 38.6 Å². The summed E-state index contributed by atoms with van der Waals surface area (Å²) < 4.78 is 1.79. The fourth-order valence-corrected chi connectivity index (χ4v) is 2.49. The van der Waals surface area contributed by atoms with Gasteiger partial charge in [-0.3, -0.25) is 14.4 Å². The van der Waals surface area contributed by atoms with E-state index in [1.54, 1.807) is 10.7 Å². The van der Waals surface area contributed by atoms with Gasteiger partial charge in [0.1, 0.15) is 0 Å². The fourth-order valence-electron chi connectivity index (χ4n) is 2.31. The van der Waals surface area contributed by atoms with Gasteiger partial charge in [0.05, 0.1) is 12.2 Å². The molecule has 0 bridgehead atoms. The number of nitrogens with zero attached hydrogens (tertiary/aromatic N) is 3. The zero-order valence-corrected chi connectivity index (χ0v) is 14.1. The minimum atomic E-state index is -0.0607. The number of anilines is 1. The van der Waals surface area contributed by atoms with Crippen molar-refractivity contribution in [3.05, 3.63) is 46.2 Å². The number of aromatic nitrogens is 2. The molecule has 118 valence electrons. The molecule has 0 fully saturated rings. The van der Waals surface area contributed by atoms with Gasteiger partial charge in [-0.2, -0.15) is 5.10 Å². The summed E-state index contributed by atoms with van der Waals surface area (Å²) in [4.78, 5) is 14.1. The fraction of sp³-hybridized carbons (Fsp3) is 0.375. The number of hydrogen-bond donors (Lipinski definition) is 1. The second kappa shape index (κ2) is 6.94. The van der Waals surface area contributed by atoms with Gasteiger partial charge in [0.2, 0.25) is 5.91 Å². The molecule has 1 N–H and O–H groups in total. The highest BCUT2D eigenvalue weighted by Gasteiger charge is 2.11. The molecule has 0 aliphatic carbocycles. The predicted molar refractivity (Wildman–Crippen MR) is 89.1 cm³/mol.